The van der Waals surface area contributed by atoms with Crippen LogP contribution in [0.15, 0.2) is 24.4 Å². The molecule has 1 aromatic carbocycles. The van der Waals surface area contributed by atoms with E-state index in [0.717, 1.165) is 16.5 Å². The average molecular weight is 335 g/mol. The first-order valence-electron chi connectivity index (χ1n) is 8.11. The number of rotatable bonds is 6. The lowest BCUT2D eigenvalue weighted by Gasteiger charge is -2.22. The number of amides is 2. The SMILES string of the molecule is CC1(CCNC(=O)NCCc2c[nH]c3ccc(F)cc23)OCCO1. The Kier molecular flexibility index (Phi) is 5.01. The minimum absolute atomic E-state index is 0.234. The minimum Gasteiger partial charge on any atom is -0.361 e. The standard InChI is InChI=1S/C17H22FN3O3/c1-17(23-8-9-24-17)5-7-20-16(22)19-6-4-12-11-21-15-3-2-13(18)10-14(12)15/h2-3,10-11,21H,4-9H2,1H3,(H2,19,20,22). The summed E-state index contributed by atoms with van der Waals surface area (Å²) >= 11 is 0. The van der Waals surface area contributed by atoms with E-state index < -0.39 is 5.79 Å². The molecule has 130 valence electrons. The summed E-state index contributed by atoms with van der Waals surface area (Å²) in [7, 11) is 0. The van der Waals surface area contributed by atoms with Crippen molar-refractivity contribution in [2.75, 3.05) is 26.3 Å². The van der Waals surface area contributed by atoms with Gasteiger partial charge in [-0.05, 0) is 37.1 Å². The monoisotopic (exact) mass is 335 g/mol. The molecular weight excluding hydrogens is 313 g/mol. The van der Waals surface area contributed by atoms with Gasteiger partial charge in [0.1, 0.15) is 5.82 Å². The van der Waals surface area contributed by atoms with Gasteiger partial charge in [0, 0.05) is 36.6 Å². The molecule has 0 unspecified atom stereocenters. The largest absolute Gasteiger partial charge is 0.361 e. The average Bonchev–Trinajstić information content (AvgIpc) is 3.14. The maximum absolute atomic E-state index is 13.3. The summed E-state index contributed by atoms with van der Waals surface area (Å²) in [6.07, 6.45) is 3.07. The molecule has 2 amide bonds. The van der Waals surface area contributed by atoms with E-state index in [1.165, 1.54) is 12.1 Å². The number of benzene rings is 1. The normalized spacial score (nSPS) is 16.4. The summed E-state index contributed by atoms with van der Waals surface area (Å²) in [5.74, 6) is -0.861. The number of aromatic amines is 1. The fourth-order valence-corrected chi connectivity index (χ4v) is 2.83. The van der Waals surface area contributed by atoms with E-state index in [1.54, 1.807) is 6.07 Å². The van der Waals surface area contributed by atoms with Crippen LogP contribution in [0.5, 0.6) is 0 Å². The van der Waals surface area contributed by atoms with Crippen molar-refractivity contribution < 1.29 is 18.7 Å². The van der Waals surface area contributed by atoms with Gasteiger partial charge >= 0.3 is 6.03 Å². The van der Waals surface area contributed by atoms with Gasteiger partial charge in [-0.1, -0.05) is 0 Å². The molecule has 3 rings (SSSR count). The number of nitrogens with one attached hydrogen (secondary N) is 3. The second kappa shape index (κ2) is 7.19. The second-order valence-electron chi connectivity index (χ2n) is 6.02. The van der Waals surface area contributed by atoms with Gasteiger partial charge in [0.25, 0.3) is 0 Å². The third-order valence-electron chi connectivity index (χ3n) is 4.17. The zero-order chi connectivity index (χ0) is 17.0. The number of aromatic nitrogens is 1. The number of hydrogen-bond donors (Lipinski definition) is 3. The van der Waals surface area contributed by atoms with Crippen LogP contribution in [0.1, 0.15) is 18.9 Å². The van der Waals surface area contributed by atoms with Crippen molar-refractivity contribution in [2.45, 2.75) is 25.6 Å². The summed E-state index contributed by atoms with van der Waals surface area (Å²) < 4.78 is 24.3. The van der Waals surface area contributed by atoms with Gasteiger partial charge < -0.3 is 25.1 Å². The van der Waals surface area contributed by atoms with Crippen LogP contribution in [-0.4, -0.2) is 43.1 Å². The third kappa shape index (κ3) is 4.04. The van der Waals surface area contributed by atoms with Crippen LogP contribution in [0.25, 0.3) is 10.9 Å². The molecule has 1 fully saturated rings. The van der Waals surface area contributed by atoms with Gasteiger partial charge in [-0.15, -0.1) is 0 Å². The fraction of sp³-hybridized carbons (Fsp3) is 0.471. The number of H-pyrrole nitrogens is 1. The van der Waals surface area contributed by atoms with E-state index in [9.17, 15) is 9.18 Å². The van der Waals surface area contributed by atoms with E-state index in [-0.39, 0.29) is 11.8 Å². The minimum atomic E-state index is -0.596. The molecule has 1 saturated heterocycles. The highest BCUT2D eigenvalue weighted by molar-refractivity contribution is 5.83. The lowest BCUT2D eigenvalue weighted by atomic mass is 10.1. The van der Waals surface area contributed by atoms with Gasteiger partial charge in [-0.25, -0.2) is 9.18 Å². The zero-order valence-electron chi connectivity index (χ0n) is 13.7. The van der Waals surface area contributed by atoms with Crippen LogP contribution in [0.3, 0.4) is 0 Å². The van der Waals surface area contributed by atoms with Crippen molar-refractivity contribution in [3.8, 4) is 0 Å². The van der Waals surface area contributed by atoms with Gasteiger partial charge in [0.05, 0.1) is 13.2 Å². The van der Waals surface area contributed by atoms with Crippen molar-refractivity contribution in [1.29, 1.82) is 0 Å². The van der Waals surface area contributed by atoms with Gasteiger partial charge in [-0.2, -0.15) is 0 Å². The lowest BCUT2D eigenvalue weighted by Crippen LogP contribution is -2.39. The Bertz CT molecular complexity index is 710. The predicted molar refractivity (Wildman–Crippen MR) is 88.3 cm³/mol. The molecule has 2 aromatic rings. The summed E-state index contributed by atoms with van der Waals surface area (Å²) in [5, 5.41) is 6.43. The van der Waals surface area contributed by atoms with Crippen LogP contribution in [0, 0.1) is 5.82 Å². The molecule has 0 saturated carbocycles. The molecule has 7 heteroatoms. The first-order valence-corrected chi connectivity index (χ1v) is 8.11. The van der Waals surface area contributed by atoms with E-state index in [1.807, 2.05) is 13.1 Å². The Morgan fingerprint density at radius 1 is 1.29 bits per heavy atom. The van der Waals surface area contributed by atoms with E-state index >= 15 is 0 Å². The highest BCUT2D eigenvalue weighted by Gasteiger charge is 2.30. The van der Waals surface area contributed by atoms with Gasteiger partial charge in [0.2, 0.25) is 0 Å². The first-order chi connectivity index (χ1) is 11.6. The Morgan fingerprint density at radius 2 is 2.04 bits per heavy atom. The van der Waals surface area contributed by atoms with Crippen LogP contribution < -0.4 is 10.6 Å². The smallest absolute Gasteiger partial charge is 0.314 e. The number of halogens is 1. The molecule has 24 heavy (non-hydrogen) atoms. The molecule has 0 radical (unpaired) electrons. The molecule has 3 N–H and O–H groups in total. The first kappa shape index (κ1) is 16.7. The Balaban J connectivity index is 1.40. The van der Waals surface area contributed by atoms with Crippen LogP contribution in [0.4, 0.5) is 9.18 Å². The molecule has 1 aliphatic heterocycles. The van der Waals surface area contributed by atoms with Gasteiger partial charge in [0.15, 0.2) is 5.79 Å². The van der Waals surface area contributed by atoms with Crippen molar-refractivity contribution in [3.05, 3.63) is 35.8 Å². The number of ether oxygens (including phenoxy) is 2. The van der Waals surface area contributed by atoms with E-state index in [0.29, 0.717) is 39.1 Å². The van der Waals surface area contributed by atoms with E-state index in [4.69, 9.17) is 9.47 Å². The molecule has 0 aliphatic carbocycles. The molecule has 1 aromatic heterocycles. The van der Waals surface area contributed by atoms with Crippen molar-refractivity contribution >= 4 is 16.9 Å². The summed E-state index contributed by atoms with van der Waals surface area (Å²) in [5.41, 5.74) is 1.87. The molecule has 0 spiro atoms. The summed E-state index contributed by atoms with van der Waals surface area (Å²) in [6, 6.07) is 4.40. The maximum Gasteiger partial charge on any atom is 0.314 e. The maximum atomic E-state index is 13.3. The molecule has 0 atom stereocenters. The quantitative estimate of drug-likeness (QED) is 0.758. The fourth-order valence-electron chi connectivity index (χ4n) is 2.83. The molecular formula is C17H22FN3O3. The summed E-state index contributed by atoms with van der Waals surface area (Å²) in [6.45, 7) is 4.00. The highest BCUT2D eigenvalue weighted by atomic mass is 19.1. The summed E-state index contributed by atoms with van der Waals surface area (Å²) in [4.78, 5) is 14.9. The second-order valence-corrected chi connectivity index (χ2v) is 6.02. The number of carbonyl (C=O) groups is 1. The van der Waals surface area contributed by atoms with Gasteiger partial charge in [-0.3, -0.25) is 0 Å². The van der Waals surface area contributed by atoms with Crippen LogP contribution >= 0.6 is 0 Å². The Morgan fingerprint density at radius 3 is 2.83 bits per heavy atom. The van der Waals surface area contributed by atoms with Crippen LogP contribution in [0.2, 0.25) is 0 Å². The molecule has 6 nitrogen and oxygen atoms in total. The molecule has 1 aliphatic rings. The zero-order valence-corrected chi connectivity index (χ0v) is 13.7. The van der Waals surface area contributed by atoms with Crippen molar-refractivity contribution in [2.24, 2.45) is 0 Å². The number of urea groups is 1. The Labute approximate surface area is 139 Å². The number of carbonyl (C=O) groups excluding carboxylic acids is 1. The topological polar surface area (TPSA) is 75.4 Å². The molecule has 2 heterocycles. The highest BCUT2D eigenvalue weighted by Crippen LogP contribution is 2.21. The number of fused-ring (bicyclic) bond motifs is 1. The predicted octanol–water partition coefficient (Wildman–Crippen LogP) is 2.30. The van der Waals surface area contributed by atoms with Crippen molar-refractivity contribution in [3.63, 3.8) is 0 Å². The van der Waals surface area contributed by atoms with Crippen LogP contribution in [-0.2, 0) is 15.9 Å². The lowest BCUT2D eigenvalue weighted by molar-refractivity contribution is -0.145. The Hall–Kier alpha value is -2.12. The molecule has 0 bridgehead atoms. The van der Waals surface area contributed by atoms with Crippen molar-refractivity contribution in [1.82, 2.24) is 15.6 Å². The third-order valence-corrected chi connectivity index (χ3v) is 4.17. The van der Waals surface area contributed by atoms with E-state index in [2.05, 4.69) is 15.6 Å². The number of hydrogen-bond acceptors (Lipinski definition) is 3.